The van der Waals surface area contributed by atoms with Crippen LogP contribution in [0.25, 0.3) is 0 Å². The Morgan fingerprint density at radius 1 is 1.57 bits per heavy atom. The molecule has 0 fully saturated rings. The molecule has 0 aliphatic rings. The summed E-state index contributed by atoms with van der Waals surface area (Å²) in [4.78, 5) is 22.1. The van der Waals surface area contributed by atoms with E-state index in [-0.39, 0.29) is 16.0 Å². The molecule has 1 heterocycles. The van der Waals surface area contributed by atoms with Gasteiger partial charge in [-0.05, 0) is 22.9 Å². The standard InChI is InChI=1S/C8H7BrO5/c1-3-4(9)5(10)6(13-2)7(14-3)8(11)12/h1-2H3,(H,11,12). The highest BCUT2D eigenvalue weighted by Crippen LogP contribution is 2.20. The van der Waals surface area contributed by atoms with Gasteiger partial charge in [-0.1, -0.05) is 0 Å². The van der Waals surface area contributed by atoms with Gasteiger partial charge in [-0.25, -0.2) is 4.79 Å². The second-order valence-electron chi connectivity index (χ2n) is 2.47. The van der Waals surface area contributed by atoms with Gasteiger partial charge >= 0.3 is 5.97 Å². The van der Waals surface area contributed by atoms with E-state index < -0.39 is 17.2 Å². The van der Waals surface area contributed by atoms with Crippen molar-refractivity contribution in [3.63, 3.8) is 0 Å². The van der Waals surface area contributed by atoms with Crippen LogP contribution in [0, 0.1) is 6.92 Å². The Labute approximate surface area is 87.4 Å². The molecule has 5 nitrogen and oxygen atoms in total. The summed E-state index contributed by atoms with van der Waals surface area (Å²) in [7, 11) is 1.21. The van der Waals surface area contributed by atoms with Crippen molar-refractivity contribution in [1.82, 2.24) is 0 Å². The summed E-state index contributed by atoms with van der Waals surface area (Å²) in [6, 6.07) is 0. The van der Waals surface area contributed by atoms with Gasteiger partial charge in [-0.3, -0.25) is 4.79 Å². The Kier molecular flexibility index (Phi) is 2.95. The van der Waals surface area contributed by atoms with E-state index in [1.165, 1.54) is 14.0 Å². The first-order valence-corrected chi connectivity index (χ1v) is 4.38. The molecule has 76 valence electrons. The molecule has 0 saturated heterocycles. The minimum atomic E-state index is -1.34. The van der Waals surface area contributed by atoms with Crippen LogP contribution in [0.15, 0.2) is 13.7 Å². The van der Waals surface area contributed by atoms with E-state index >= 15 is 0 Å². The van der Waals surface area contributed by atoms with Crippen molar-refractivity contribution in [3.8, 4) is 5.75 Å². The number of carbonyl (C=O) groups is 1. The van der Waals surface area contributed by atoms with Crippen molar-refractivity contribution in [1.29, 1.82) is 0 Å². The van der Waals surface area contributed by atoms with Gasteiger partial charge < -0.3 is 14.3 Å². The highest BCUT2D eigenvalue weighted by molar-refractivity contribution is 9.10. The first-order valence-electron chi connectivity index (χ1n) is 3.59. The van der Waals surface area contributed by atoms with E-state index in [0.29, 0.717) is 0 Å². The number of methoxy groups -OCH3 is 1. The van der Waals surface area contributed by atoms with Gasteiger partial charge in [-0.15, -0.1) is 0 Å². The third-order valence-electron chi connectivity index (χ3n) is 1.57. The molecule has 14 heavy (non-hydrogen) atoms. The van der Waals surface area contributed by atoms with Crippen molar-refractivity contribution in [2.24, 2.45) is 0 Å². The van der Waals surface area contributed by atoms with Crippen LogP contribution in [-0.4, -0.2) is 18.2 Å². The first kappa shape index (κ1) is 10.8. The fraction of sp³-hybridized carbons (Fsp3) is 0.250. The summed E-state index contributed by atoms with van der Waals surface area (Å²) < 4.78 is 9.72. The molecule has 0 saturated carbocycles. The molecular formula is C8H7BrO5. The predicted octanol–water partition coefficient (Wildman–Crippen LogP) is 1.42. The van der Waals surface area contributed by atoms with Gasteiger partial charge in [0.15, 0.2) is 0 Å². The number of rotatable bonds is 2. The molecule has 0 aromatic carbocycles. The third kappa shape index (κ3) is 1.65. The molecule has 1 aromatic rings. The number of ether oxygens (including phenoxy) is 1. The van der Waals surface area contributed by atoms with E-state index in [1.807, 2.05) is 0 Å². The minimum absolute atomic E-state index is 0.166. The van der Waals surface area contributed by atoms with Crippen LogP contribution >= 0.6 is 15.9 Å². The Morgan fingerprint density at radius 2 is 2.14 bits per heavy atom. The molecule has 0 radical (unpaired) electrons. The molecule has 6 heteroatoms. The summed E-state index contributed by atoms with van der Waals surface area (Å²) in [5.41, 5.74) is -0.534. The summed E-state index contributed by atoms with van der Waals surface area (Å²) in [6.07, 6.45) is 0. The highest BCUT2D eigenvalue weighted by Gasteiger charge is 2.21. The van der Waals surface area contributed by atoms with Crippen LogP contribution in [0.3, 0.4) is 0 Å². The lowest BCUT2D eigenvalue weighted by Gasteiger charge is -2.05. The predicted molar refractivity (Wildman–Crippen MR) is 50.9 cm³/mol. The summed E-state index contributed by atoms with van der Waals surface area (Å²) >= 11 is 2.97. The molecule has 0 amide bonds. The smallest absolute Gasteiger partial charge is 0.375 e. The maximum absolute atomic E-state index is 11.5. The number of aryl methyl sites for hydroxylation is 1. The number of aromatic carboxylic acids is 1. The topological polar surface area (TPSA) is 76.7 Å². The second-order valence-corrected chi connectivity index (χ2v) is 3.26. The molecule has 1 N–H and O–H groups in total. The maximum Gasteiger partial charge on any atom is 0.375 e. The van der Waals surface area contributed by atoms with Gasteiger partial charge in [0, 0.05) is 0 Å². The lowest BCUT2D eigenvalue weighted by atomic mass is 10.3. The van der Waals surface area contributed by atoms with E-state index in [1.54, 1.807) is 0 Å². The van der Waals surface area contributed by atoms with Gasteiger partial charge in [0.2, 0.25) is 11.2 Å². The Hall–Kier alpha value is -1.30. The van der Waals surface area contributed by atoms with Crippen molar-refractivity contribution < 1.29 is 19.1 Å². The Balaban J connectivity index is 3.60. The zero-order valence-corrected chi connectivity index (χ0v) is 9.04. The zero-order chi connectivity index (χ0) is 10.9. The Bertz CT molecular complexity index is 434. The molecule has 0 spiro atoms. The lowest BCUT2D eigenvalue weighted by Crippen LogP contribution is -2.13. The minimum Gasteiger partial charge on any atom is -0.489 e. The average Bonchev–Trinajstić information content (AvgIpc) is 2.13. The van der Waals surface area contributed by atoms with Crippen LogP contribution in [0.5, 0.6) is 5.75 Å². The largest absolute Gasteiger partial charge is 0.489 e. The first-order chi connectivity index (χ1) is 6.49. The Morgan fingerprint density at radius 3 is 2.57 bits per heavy atom. The second kappa shape index (κ2) is 3.83. The normalized spacial score (nSPS) is 9.93. The van der Waals surface area contributed by atoms with Crippen molar-refractivity contribution >= 4 is 21.9 Å². The van der Waals surface area contributed by atoms with Crippen LogP contribution in [0.2, 0.25) is 0 Å². The molecule has 0 aliphatic heterocycles. The van der Waals surface area contributed by atoms with E-state index in [0.717, 1.165) is 0 Å². The number of carboxylic acid groups (broad SMARTS) is 1. The summed E-state index contributed by atoms with van der Waals surface area (Å²) in [5, 5.41) is 8.71. The molecule has 1 rings (SSSR count). The number of hydrogen-bond acceptors (Lipinski definition) is 4. The lowest BCUT2D eigenvalue weighted by molar-refractivity contribution is 0.0650. The number of hydrogen-bond donors (Lipinski definition) is 1. The summed E-state index contributed by atoms with van der Waals surface area (Å²) in [6.45, 7) is 1.48. The zero-order valence-electron chi connectivity index (χ0n) is 7.46. The fourth-order valence-electron chi connectivity index (χ4n) is 0.933. The van der Waals surface area contributed by atoms with Crippen molar-refractivity contribution in [2.75, 3.05) is 7.11 Å². The highest BCUT2D eigenvalue weighted by atomic mass is 79.9. The molecular weight excluding hydrogens is 256 g/mol. The van der Waals surface area contributed by atoms with Crippen LogP contribution < -0.4 is 10.2 Å². The van der Waals surface area contributed by atoms with Gasteiger partial charge in [0.1, 0.15) is 10.2 Å². The molecule has 1 aromatic heterocycles. The average molecular weight is 263 g/mol. The van der Waals surface area contributed by atoms with E-state index in [2.05, 4.69) is 20.7 Å². The molecule has 0 unspecified atom stereocenters. The third-order valence-corrected chi connectivity index (χ3v) is 2.49. The maximum atomic E-state index is 11.5. The van der Waals surface area contributed by atoms with Crippen LogP contribution in [0.1, 0.15) is 16.3 Å². The van der Waals surface area contributed by atoms with E-state index in [4.69, 9.17) is 9.52 Å². The number of carboxylic acids is 1. The molecule has 0 bridgehead atoms. The van der Waals surface area contributed by atoms with Crippen molar-refractivity contribution in [2.45, 2.75) is 6.92 Å². The van der Waals surface area contributed by atoms with E-state index in [9.17, 15) is 9.59 Å². The van der Waals surface area contributed by atoms with Crippen LogP contribution in [-0.2, 0) is 0 Å². The number of halogens is 1. The van der Waals surface area contributed by atoms with Gasteiger partial charge in [-0.2, -0.15) is 0 Å². The molecule has 0 aliphatic carbocycles. The quantitative estimate of drug-likeness (QED) is 0.873. The fourth-order valence-corrected chi connectivity index (χ4v) is 1.19. The molecule has 0 atom stereocenters. The van der Waals surface area contributed by atoms with Crippen molar-refractivity contribution in [3.05, 3.63) is 26.2 Å². The SMILES string of the molecule is COc1c(C(=O)O)oc(C)c(Br)c1=O. The monoisotopic (exact) mass is 262 g/mol. The summed E-state index contributed by atoms with van der Waals surface area (Å²) in [5.74, 6) is -1.93. The van der Waals surface area contributed by atoms with Gasteiger partial charge in [0.05, 0.1) is 7.11 Å². The van der Waals surface area contributed by atoms with Crippen LogP contribution in [0.4, 0.5) is 0 Å². The van der Waals surface area contributed by atoms with Gasteiger partial charge in [0.25, 0.3) is 5.76 Å².